The second-order valence-electron chi connectivity index (χ2n) is 5.64. The zero-order valence-electron chi connectivity index (χ0n) is 11.7. The highest BCUT2D eigenvalue weighted by molar-refractivity contribution is 6.30. The molecule has 0 amide bonds. The van der Waals surface area contributed by atoms with Crippen LogP contribution in [0.2, 0.25) is 5.02 Å². The third kappa shape index (κ3) is 2.97. The van der Waals surface area contributed by atoms with E-state index in [1.54, 1.807) is 0 Å². The average molecular weight is 319 g/mol. The van der Waals surface area contributed by atoms with Gasteiger partial charge < -0.3 is 5.73 Å². The summed E-state index contributed by atoms with van der Waals surface area (Å²) in [4.78, 5) is 0. The summed E-state index contributed by atoms with van der Waals surface area (Å²) < 4.78 is 40.7. The molecule has 21 heavy (non-hydrogen) atoms. The van der Waals surface area contributed by atoms with Crippen LogP contribution in [0.15, 0.2) is 18.2 Å². The summed E-state index contributed by atoms with van der Waals surface area (Å²) in [5.74, 6) is 0.102. The maximum absolute atomic E-state index is 13.2. The highest BCUT2D eigenvalue weighted by Gasteiger charge is 2.36. The first-order valence-electron chi connectivity index (χ1n) is 6.10. The van der Waals surface area contributed by atoms with Crippen molar-refractivity contribution in [2.45, 2.75) is 32.4 Å². The van der Waals surface area contributed by atoms with E-state index in [0.717, 1.165) is 10.7 Å². The average Bonchev–Trinajstić information content (AvgIpc) is 2.69. The van der Waals surface area contributed by atoms with Crippen LogP contribution >= 0.6 is 11.6 Å². The van der Waals surface area contributed by atoms with Gasteiger partial charge in [-0.25, -0.2) is 4.68 Å². The fourth-order valence-electron chi connectivity index (χ4n) is 2.08. The summed E-state index contributed by atoms with van der Waals surface area (Å²) in [6, 6.07) is 3.49. The number of hydrogen-bond acceptors (Lipinski definition) is 3. The zero-order valence-corrected chi connectivity index (χ0v) is 12.4. The molecular weight excluding hydrogens is 305 g/mol. The van der Waals surface area contributed by atoms with Crippen LogP contribution in [0.3, 0.4) is 0 Å². The molecule has 0 aliphatic carbocycles. The molecule has 0 bridgehead atoms. The van der Waals surface area contributed by atoms with Crippen molar-refractivity contribution in [2.24, 2.45) is 0 Å². The van der Waals surface area contributed by atoms with E-state index < -0.39 is 17.2 Å². The molecule has 8 heteroatoms. The Morgan fingerprint density at radius 2 is 1.81 bits per heavy atom. The van der Waals surface area contributed by atoms with Gasteiger partial charge in [-0.15, -0.1) is 5.10 Å². The number of aromatic nitrogens is 3. The van der Waals surface area contributed by atoms with Crippen LogP contribution in [0.5, 0.6) is 0 Å². The lowest BCUT2D eigenvalue weighted by atomic mass is 9.91. The first-order valence-corrected chi connectivity index (χ1v) is 6.48. The number of anilines is 1. The molecule has 0 spiro atoms. The number of rotatable bonds is 1. The maximum atomic E-state index is 13.2. The summed E-state index contributed by atoms with van der Waals surface area (Å²) in [7, 11) is 0. The minimum absolute atomic E-state index is 0.00327. The van der Waals surface area contributed by atoms with E-state index in [-0.39, 0.29) is 16.5 Å². The van der Waals surface area contributed by atoms with Crippen molar-refractivity contribution >= 4 is 17.4 Å². The summed E-state index contributed by atoms with van der Waals surface area (Å²) in [5, 5.41) is 7.45. The van der Waals surface area contributed by atoms with E-state index in [9.17, 15) is 13.2 Å². The molecule has 0 atom stereocenters. The molecule has 0 saturated carbocycles. The van der Waals surface area contributed by atoms with E-state index in [0.29, 0.717) is 5.69 Å². The lowest BCUT2D eigenvalue weighted by Crippen LogP contribution is -2.21. The first kappa shape index (κ1) is 15.6. The highest BCUT2D eigenvalue weighted by Crippen LogP contribution is 2.37. The highest BCUT2D eigenvalue weighted by atomic mass is 35.5. The molecular formula is C13H14ClF3N4. The smallest absolute Gasteiger partial charge is 0.381 e. The van der Waals surface area contributed by atoms with Crippen molar-refractivity contribution in [3.8, 4) is 5.69 Å². The predicted molar refractivity (Wildman–Crippen MR) is 74.5 cm³/mol. The van der Waals surface area contributed by atoms with Gasteiger partial charge in [0.1, 0.15) is 0 Å². The van der Waals surface area contributed by atoms with Crippen molar-refractivity contribution in [1.82, 2.24) is 15.0 Å². The number of halogens is 4. The summed E-state index contributed by atoms with van der Waals surface area (Å²) in [5.41, 5.74) is 4.61. The monoisotopic (exact) mass is 318 g/mol. The Balaban J connectivity index is 2.75. The van der Waals surface area contributed by atoms with Crippen LogP contribution in [-0.2, 0) is 11.6 Å². The Morgan fingerprint density at radius 1 is 1.19 bits per heavy atom. The number of nitrogens with two attached hydrogens (primary N) is 1. The van der Waals surface area contributed by atoms with Gasteiger partial charge in [0.25, 0.3) is 0 Å². The zero-order chi connectivity index (χ0) is 16.0. The number of hydrogen-bond donors (Lipinski definition) is 1. The van der Waals surface area contributed by atoms with Gasteiger partial charge in [-0.3, -0.25) is 0 Å². The summed E-state index contributed by atoms with van der Waals surface area (Å²) in [6.45, 7) is 5.46. The van der Waals surface area contributed by atoms with Crippen LogP contribution in [0.25, 0.3) is 5.69 Å². The largest absolute Gasteiger partial charge is 0.418 e. The predicted octanol–water partition coefficient (Wildman–Crippen LogP) is 3.82. The van der Waals surface area contributed by atoms with Gasteiger partial charge in [0.2, 0.25) is 0 Å². The van der Waals surface area contributed by atoms with Crippen LogP contribution in [-0.4, -0.2) is 15.0 Å². The first-order chi connectivity index (χ1) is 9.51. The normalized spacial score (nSPS) is 12.7. The Hall–Kier alpha value is -1.76. The van der Waals surface area contributed by atoms with E-state index in [1.807, 2.05) is 20.8 Å². The fraction of sp³-hybridized carbons (Fsp3) is 0.385. The molecule has 0 aliphatic rings. The molecule has 2 aromatic rings. The van der Waals surface area contributed by atoms with Crippen LogP contribution in [0.4, 0.5) is 19.0 Å². The molecule has 114 valence electrons. The topological polar surface area (TPSA) is 56.7 Å². The third-order valence-corrected chi connectivity index (χ3v) is 3.13. The lowest BCUT2D eigenvalue weighted by Gasteiger charge is -2.22. The van der Waals surface area contributed by atoms with E-state index in [1.165, 1.54) is 12.1 Å². The van der Waals surface area contributed by atoms with E-state index in [2.05, 4.69) is 10.3 Å². The minimum atomic E-state index is -4.56. The lowest BCUT2D eigenvalue weighted by molar-refractivity contribution is -0.137. The van der Waals surface area contributed by atoms with Gasteiger partial charge in [-0.2, -0.15) is 13.2 Å². The number of alkyl halides is 3. The van der Waals surface area contributed by atoms with Crippen LogP contribution in [0.1, 0.15) is 32.0 Å². The fourth-order valence-corrected chi connectivity index (χ4v) is 2.26. The Morgan fingerprint density at radius 3 is 2.33 bits per heavy atom. The Bertz CT molecular complexity index is 671. The third-order valence-electron chi connectivity index (χ3n) is 2.90. The van der Waals surface area contributed by atoms with Gasteiger partial charge in [0.05, 0.1) is 16.9 Å². The molecule has 2 rings (SSSR count). The molecule has 0 radical (unpaired) electrons. The van der Waals surface area contributed by atoms with E-state index in [4.69, 9.17) is 17.3 Å². The van der Waals surface area contributed by atoms with Crippen LogP contribution in [0, 0.1) is 0 Å². The van der Waals surface area contributed by atoms with Gasteiger partial charge >= 0.3 is 6.18 Å². The van der Waals surface area contributed by atoms with Crippen molar-refractivity contribution in [2.75, 3.05) is 5.73 Å². The van der Waals surface area contributed by atoms with Crippen molar-refractivity contribution < 1.29 is 13.2 Å². The van der Waals surface area contributed by atoms with Gasteiger partial charge in [0, 0.05) is 10.4 Å². The molecule has 2 N–H and O–H groups in total. The van der Waals surface area contributed by atoms with Crippen molar-refractivity contribution in [3.05, 3.63) is 34.5 Å². The molecule has 4 nitrogen and oxygen atoms in total. The van der Waals surface area contributed by atoms with Crippen LogP contribution < -0.4 is 5.73 Å². The number of benzene rings is 1. The maximum Gasteiger partial charge on any atom is 0.418 e. The van der Waals surface area contributed by atoms with Crippen molar-refractivity contribution in [3.63, 3.8) is 0 Å². The standard InChI is InChI=1S/C13H14ClF3N4/c1-12(2,3)10-11(18)19-20-21(10)9-5-4-7(14)6-8(9)13(15,16)17/h4-6H,18H2,1-3H3. The molecule has 0 unspecified atom stereocenters. The Kier molecular flexibility index (Phi) is 3.65. The van der Waals surface area contributed by atoms with Gasteiger partial charge in [0.15, 0.2) is 5.82 Å². The summed E-state index contributed by atoms with van der Waals surface area (Å²) in [6.07, 6.45) is -4.56. The van der Waals surface area contributed by atoms with Crippen molar-refractivity contribution in [1.29, 1.82) is 0 Å². The molecule has 0 aliphatic heterocycles. The van der Waals surface area contributed by atoms with Gasteiger partial charge in [-0.05, 0) is 18.2 Å². The SMILES string of the molecule is CC(C)(C)c1c(N)nnn1-c1ccc(Cl)cc1C(F)(F)F. The number of nitrogen functional groups attached to an aromatic ring is 1. The molecule has 1 aromatic carbocycles. The molecule has 1 aromatic heterocycles. The van der Waals surface area contributed by atoms with Gasteiger partial charge in [-0.1, -0.05) is 37.6 Å². The molecule has 0 saturated heterocycles. The number of nitrogens with zero attached hydrogens (tertiary/aromatic N) is 3. The second-order valence-corrected chi connectivity index (χ2v) is 6.08. The minimum Gasteiger partial charge on any atom is -0.381 e. The Labute approximate surface area is 124 Å². The van der Waals surface area contributed by atoms with E-state index >= 15 is 0 Å². The molecule has 0 fully saturated rings. The molecule has 1 heterocycles. The quantitative estimate of drug-likeness (QED) is 0.869. The second kappa shape index (κ2) is 4.91. The summed E-state index contributed by atoms with van der Waals surface area (Å²) >= 11 is 5.68.